The number of hydrogen-bond acceptors (Lipinski definition) is 3. The van der Waals surface area contributed by atoms with Crippen molar-refractivity contribution < 1.29 is 13.2 Å². The Balaban J connectivity index is 2.55. The van der Waals surface area contributed by atoms with Crippen molar-refractivity contribution in [3.8, 4) is 5.75 Å². The first-order valence-corrected chi connectivity index (χ1v) is 8.79. The topological polar surface area (TPSA) is 55.4 Å². The van der Waals surface area contributed by atoms with Crippen molar-refractivity contribution in [1.29, 1.82) is 0 Å². The largest absolute Gasteiger partial charge is 0.489 e. The maximum atomic E-state index is 11.5. The van der Waals surface area contributed by atoms with Crippen LogP contribution in [-0.2, 0) is 16.4 Å². The fourth-order valence-corrected chi connectivity index (χ4v) is 3.08. The summed E-state index contributed by atoms with van der Waals surface area (Å²) >= 11 is 6.13. The fourth-order valence-electron chi connectivity index (χ4n) is 1.74. The molecule has 20 heavy (non-hydrogen) atoms. The fraction of sp³-hybridized carbons (Fsp3) is 0.571. The van der Waals surface area contributed by atoms with Gasteiger partial charge in [0.25, 0.3) is 0 Å². The van der Waals surface area contributed by atoms with E-state index >= 15 is 0 Å². The zero-order valence-electron chi connectivity index (χ0n) is 12.1. The first-order chi connectivity index (χ1) is 9.34. The van der Waals surface area contributed by atoms with Gasteiger partial charge in [-0.3, -0.25) is 0 Å². The highest BCUT2D eigenvalue weighted by Crippen LogP contribution is 2.26. The van der Waals surface area contributed by atoms with E-state index in [1.807, 2.05) is 39.0 Å². The Labute approximate surface area is 126 Å². The Kier molecular flexibility index (Phi) is 6.79. The van der Waals surface area contributed by atoms with Crippen LogP contribution in [-0.4, -0.2) is 26.8 Å². The third kappa shape index (κ3) is 6.11. The van der Waals surface area contributed by atoms with E-state index in [2.05, 4.69) is 4.72 Å². The second-order valence-electron chi connectivity index (χ2n) is 4.89. The first kappa shape index (κ1) is 17.3. The van der Waals surface area contributed by atoms with E-state index in [1.165, 1.54) is 0 Å². The summed E-state index contributed by atoms with van der Waals surface area (Å²) in [6, 6.07) is 5.53. The van der Waals surface area contributed by atoms with Crippen molar-refractivity contribution in [2.75, 3.05) is 12.3 Å². The summed E-state index contributed by atoms with van der Waals surface area (Å²) in [5, 5.41) is 0.549. The number of hydrogen-bond donors (Lipinski definition) is 1. The van der Waals surface area contributed by atoms with Crippen molar-refractivity contribution in [2.24, 2.45) is 0 Å². The standard InChI is InChI=1S/C14H22ClNO3S/c1-4-9-20(17,18)16-8-7-12-5-6-14(13(15)10-12)19-11(2)3/h5-6,10-11,16H,4,7-9H2,1-3H3. The lowest BCUT2D eigenvalue weighted by molar-refractivity contribution is 0.242. The molecule has 0 bridgehead atoms. The molecule has 0 amide bonds. The Hall–Kier alpha value is -0.780. The van der Waals surface area contributed by atoms with E-state index < -0.39 is 10.0 Å². The Morgan fingerprint density at radius 3 is 2.60 bits per heavy atom. The zero-order chi connectivity index (χ0) is 15.2. The number of halogens is 1. The van der Waals surface area contributed by atoms with E-state index in [4.69, 9.17) is 16.3 Å². The van der Waals surface area contributed by atoms with Gasteiger partial charge in [-0.2, -0.15) is 0 Å². The van der Waals surface area contributed by atoms with Gasteiger partial charge in [-0.05, 0) is 44.4 Å². The molecular formula is C14H22ClNO3S. The summed E-state index contributed by atoms with van der Waals surface area (Å²) in [5.41, 5.74) is 0.977. The minimum atomic E-state index is -3.14. The lowest BCUT2D eigenvalue weighted by atomic mass is 10.1. The Morgan fingerprint density at radius 1 is 1.35 bits per heavy atom. The van der Waals surface area contributed by atoms with Gasteiger partial charge in [-0.25, -0.2) is 13.1 Å². The van der Waals surface area contributed by atoms with E-state index in [9.17, 15) is 8.42 Å². The monoisotopic (exact) mass is 319 g/mol. The maximum Gasteiger partial charge on any atom is 0.211 e. The van der Waals surface area contributed by atoms with Crippen LogP contribution < -0.4 is 9.46 Å². The van der Waals surface area contributed by atoms with Gasteiger partial charge in [-0.15, -0.1) is 0 Å². The van der Waals surface area contributed by atoms with Crippen molar-refractivity contribution in [2.45, 2.75) is 39.7 Å². The highest BCUT2D eigenvalue weighted by atomic mass is 35.5. The van der Waals surface area contributed by atoms with Crippen LogP contribution in [0.15, 0.2) is 18.2 Å². The molecule has 1 aromatic rings. The third-order valence-corrected chi connectivity index (χ3v) is 4.45. The molecule has 0 heterocycles. The van der Waals surface area contributed by atoms with Crippen LogP contribution in [0.1, 0.15) is 32.8 Å². The van der Waals surface area contributed by atoms with Gasteiger partial charge in [-0.1, -0.05) is 24.6 Å². The molecule has 6 heteroatoms. The molecule has 0 spiro atoms. The quantitative estimate of drug-likeness (QED) is 0.801. The minimum Gasteiger partial charge on any atom is -0.489 e. The molecule has 1 aromatic carbocycles. The number of rotatable bonds is 8. The van der Waals surface area contributed by atoms with E-state index in [-0.39, 0.29) is 11.9 Å². The van der Waals surface area contributed by atoms with Crippen LogP contribution in [0.4, 0.5) is 0 Å². The van der Waals surface area contributed by atoms with E-state index in [0.717, 1.165) is 5.56 Å². The van der Waals surface area contributed by atoms with E-state index in [0.29, 0.717) is 30.2 Å². The lowest BCUT2D eigenvalue weighted by Gasteiger charge is -2.12. The summed E-state index contributed by atoms with van der Waals surface area (Å²) < 4.78 is 31.1. The number of sulfonamides is 1. The van der Waals surface area contributed by atoms with Gasteiger partial charge in [0.05, 0.1) is 16.9 Å². The van der Waals surface area contributed by atoms with Crippen LogP contribution in [0.2, 0.25) is 5.02 Å². The molecule has 1 N–H and O–H groups in total. The first-order valence-electron chi connectivity index (χ1n) is 6.76. The van der Waals surface area contributed by atoms with Gasteiger partial charge < -0.3 is 4.74 Å². The number of benzene rings is 1. The van der Waals surface area contributed by atoms with Crippen LogP contribution in [0.3, 0.4) is 0 Å². The molecule has 0 atom stereocenters. The van der Waals surface area contributed by atoms with Crippen molar-refractivity contribution >= 4 is 21.6 Å². The number of nitrogens with one attached hydrogen (secondary N) is 1. The van der Waals surface area contributed by atoms with Gasteiger partial charge >= 0.3 is 0 Å². The molecule has 0 saturated heterocycles. The summed E-state index contributed by atoms with van der Waals surface area (Å²) in [5.74, 6) is 0.812. The molecule has 4 nitrogen and oxygen atoms in total. The average molecular weight is 320 g/mol. The summed E-state index contributed by atoms with van der Waals surface area (Å²) in [6.45, 7) is 6.09. The predicted molar refractivity (Wildman–Crippen MR) is 83.0 cm³/mol. The molecule has 0 radical (unpaired) electrons. The van der Waals surface area contributed by atoms with Crippen molar-refractivity contribution in [1.82, 2.24) is 4.72 Å². The molecule has 1 rings (SSSR count). The second kappa shape index (κ2) is 7.86. The highest BCUT2D eigenvalue weighted by molar-refractivity contribution is 7.89. The normalized spacial score (nSPS) is 11.8. The van der Waals surface area contributed by atoms with Crippen LogP contribution in [0.5, 0.6) is 5.75 Å². The average Bonchev–Trinajstić information content (AvgIpc) is 2.31. The van der Waals surface area contributed by atoms with Crippen LogP contribution in [0, 0.1) is 0 Å². The maximum absolute atomic E-state index is 11.5. The SMILES string of the molecule is CCCS(=O)(=O)NCCc1ccc(OC(C)C)c(Cl)c1. The predicted octanol–water partition coefficient (Wildman–Crippen LogP) is 3.00. The molecule has 0 aliphatic rings. The van der Waals surface area contributed by atoms with Gasteiger partial charge in [0.2, 0.25) is 10.0 Å². The molecular weight excluding hydrogens is 298 g/mol. The molecule has 0 aliphatic carbocycles. The van der Waals surface area contributed by atoms with Crippen LogP contribution >= 0.6 is 11.6 Å². The third-order valence-electron chi connectivity index (χ3n) is 2.57. The smallest absolute Gasteiger partial charge is 0.211 e. The Morgan fingerprint density at radius 2 is 2.05 bits per heavy atom. The van der Waals surface area contributed by atoms with Gasteiger partial charge in [0.1, 0.15) is 5.75 Å². The molecule has 114 valence electrons. The zero-order valence-corrected chi connectivity index (χ0v) is 13.7. The molecule has 0 aliphatic heterocycles. The van der Waals surface area contributed by atoms with Crippen molar-refractivity contribution in [3.63, 3.8) is 0 Å². The summed E-state index contributed by atoms with van der Waals surface area (Å²) in [7, 11) is -3.14. The van der Waals surface area contributed by atoms with Gasteiger partial charge in [0.15, 0.2) is 0 Å². The van der Waals surface area contributed by atoms with Crippen LogP contribution in [0.25, 0.3) is 0 Å². The second-order valence-corrected chi connectivity index (χ2v) is 7.23. The molecule has 0 saturated carbocycles. The van der Waals surface area contributed by atoms with Crippen molar-refractivity contribution in [3.05, 3.63) is 28.8 Å². The minimum absolute atomic E-state index is 0.0687. The molecule has 0 fully saturated rings. The molecule has 0 unspecified atom stereocenters. The van der Waals surface area contributed by atoms with E-state index in [1.54, 1.807) is 0 Å². The summed E-state index contributed by atoms with van der Waals surface area (Å²) in [4.78, 5) is 0. The molecule has 0 aromatic heterocycles. The summed E-state index contributed by atoms with van der Waals surface area (Å²) in [6.07, 6.45) is 1.28. The highest BCUT2D eigenvalue weighted by Gasteiger charge is 2.08. The Bertz CT molecular complexity index is 529. The lowest BCUT2D eigenvalue weighted by Crippen LogP contribution is -2.28. The number of ether oxygens (including phenoxy) is 1. The van der Waals surface area contributed by atoms with Gasteiger partial charge in [0, 0.05) is 6.54 Å².